The number of nitrogens with zero attached hydrogens (tertiary/aromatic N) is 3. The number of hydrazone groups is 1. The van der Waals surface area contributed by atoms with Crippen molar-refractivity contribution >= 4 is 23.3 Å². The molecule has 0 amide bonds. The van der Waals surface area contributed by atoms with Gasteiger partial charge < -0.3 is 17.2 Å². The summed E-state index contributed by atoms with van der Waals surface area (Å²) in [5.41, 5.74) is 19.0. The maximum atomic E-state index is 6.98. The Morgan fingerprint density at radius 2 is 1.88 bits per heavy atom. The summed E-state index contributed by atoms with van der Waals surface area (Å²) in [6.07, 6.45) is 1.57. The smallest absolute Gasteiger partial charge is 0.211 e. The summed E-state index contributed by atoms with van der Waals surface area (Å²) < 4.78 is 0. The normalized spacial score (nSPS) is 12.1. The molecule has 0 aromatic rings. The Morgan fingerprint density at radius 3 is 2.31 bits per heavy atom. The molecule has 0 saturated heterocycles. The molecule has 0 unspecified atom stereocenters. The van der Waals surface area contributed by atoms with Gasteiger partial charge in [0.1, 0.15) is 0 Å². The average molecular weight is 226 g/mol. The molecule has 0 aliphatic rings. The van der Waals surface area contributed by atoms with E-state index >= 15 is 0 Å². The van der Waals surface area contributed by atoms with Gasteiger partial charge in [-0.25, -0.2) is 5.43 Å². The Bertz CT molecular complexity index is 323. The van der Waals surface area contributed by atoms with E-state index in [-0.39, 0.29) is 11.9 Å². The number of guanidine groups is 2. The van der Waals surface area contributed by atoms with Gasteiger partial charge >= 0.3 is 0 Å². The fourth-order valence-corrected chi connectivity index (χ4v) is 0.873. The van der Waals surface area contributed by atoms with Crippen molar-refractivity contribution in [1.82, 2.24) is 5.43 Å². The lowest BCUT2D eigenvalue weighted by Gasteiger charge is -2.03. The van der Waals surface area contributed by atoms with E-state index in [1.807, 2.05) is 6.92 Å². The van der Waals surface area contributed by atoms with E-state index in [4.69, 9.17) is 22.6 Å². The summed E-state index contributed by atoms with van der Waals surface area (Å²) in [6, 6.07) is 0. The predicted molar refractivity (Wildman–Crippen MR) is 66.3 cm³/mol. The summed E-state index contributed by atoms with van der Waals surface area (Å²) in [5, 5.41) is 18.2. The summed E-state index contributed by atoms with van der Waals surface area (Å²) in [7, 11) is 0. The molecule has 0 heterocycles. The zero-order valence-corrected chi connectivity index (χ0v) is 9.49. The lowest BCUT2D eigenvalue weighted by atomic mass is 10.1. The Balaban J connectivity index is 4.76. The third kappa shape index (κ3) is 6.35. The van der Waals surface area contributed by atoms with Crippen LogP contribution < -0.4 is 22.6 Å². The Labute approximate surface area is 94.2 Å². The van der Waals surface area contributed by atoms with Crippen molar-refractivity contribution in [1.29, 1.82) is 5.41 Å². The van der Waals surface area contributed by atoms with Crippen molar-refractivity contribution < 1.29 is 0 Å². The van der Waals surface area contributed by atoms with Crippen LogP contribution in [-0.4, -0.2) is 23.3 Å². The van der Waals surface area contributed by atoms with E-state index in [1.54, 1.807) is 6.92 Å². The van der Waals surface area contributed by atoms with Crippen molar-refractivity contribution in [2.75, 3.05) is 0 Å². The highest BCUT2D eigenvalue weighted by molar-refractivity contribution is 6.41. The molecule has 8 heteroatoms. The SMILES string of the molecule is CCCC(=N\NC(=N)N)/C(C)=N/N=C(N)N. The van der Waals surface area contributed by atoms with Crippen molar-refractivity contribution in [2.24, 2.45) is 32.5 Å². The van der Waals surface area contributed by atoms with Gasteiger partial charge in [0.2, 0.25) is 11.9 Å². The molecule has 0 radical (unpaired) electrons. The summed E-state index contributed by atoms with van der Waals surface area (Å²) in [6.45, 7) is 3.72. The van der Waals surface area contributed by atoms with Gasteiger partial charge in [-0.3, -0.25) is 5.41 Å². The van der Waals surface area contributed by atoms with E-state index in [0.29, 0.717) is 17.8 Å². The first kappa shape index (κ1) is 13.9. The van der Waals surface area contributed by atoms with Gasteiger partial charge in [-0.05, 0) is 13.3 Å². The average Bonchev–Trinajstić information content (AvgIpc) is 2.20. The molecule has 8 nitrogen and oxygen atoms in total. The lowest BCUT2D eigenvalue weighted by Crippen LogP contribution is -2.28. The van der Waals surface area contributed by atoms with Gasteiger partial charge in [-0.15, -0.1) is 5.10 Å². The third-order valence-electron chi connectivity index (χ3n) is 1.53. The van der Waals surface area contributed by atoms with Crippen LogP contribution in [0.4, 0.5) is 0 Å². The van der Waals surface area contributed by atoms with Crippen LogP contribution in [0.25, 0.3) is 0 Å². The lowest BCUT2D eigenvalue weighted by molar-refractivity contribution is 0.944. The molecule has 0 aromatic carbocycles. The van der Waals surface area contributed by atoms with Crippen LogP contribution in [0, 0.1) is 5.41 Å². The molecular formula is C8H18N8. The Hall–Kier alpha value is -2.12. The maximum absolute atomic E-state index is 6.98. The molecule has 0 bridgehead atoms. The second-order valence-electron chi connectivity index (χ2n) is 3.04. The van der Waals surface area contributed by atoms with Gasteiger partial charge in [0.15, 0.2) is 0 Å². The number of nitrogens with two attached hydrogens (primary N) is 3. The van der Waals surface area contributed by atoms with Crippen molar-refractivity contribution in [2.45, 2.75) is 26.7 Å². The maximum Gasteiger partial charge on any atom is 0.211 e. The van der Waals surface area contributed by atoms with Crippen LogP contribution in [-0.2, 0) is 0 Å². The fraction of sp³-hybridized carbons (Fsp3) is 0.500. The van der Waals surface area contributed by atoms with Crippen LogP contribution in [0.15, 0.2) is 15.3 Å². The molecule has 0 spiro atoms. The van der Waals surface area contributed by atoms with E-state index in [2.05, 4.69) is 20.7 Å². The minimum Gasteiger partial charge on any atom is -0.369 e. The topological polar surface area (TPSA) is 151 Å². The summed E-state index contributed by atoms with van der Waals surface area (Å²) >= 11 is 0. The van der Waals surface area contributed by atoms with Crippen LogP contribution in [0.1, 0.15) is 26.7 Å². The first-order valence-electron chi connectivity index (χ1n) is 4.77. The zero-order chi connectivity index (χ0) is 12.6. The van der Waals surface area contributed by atoms with E-state index in [0.717, 1.165) is 6.42 Å². The molecule has 16 heavy (non-hydrogen) atoms. The quantitative estimate of drug-likeness (QED) is 0.238. The molecule has 8 N–H and O–H groups in total. The largest absolute Gasteiger partial charge is 0.369 e. The highest BCUT2D eigenvalue weighted by Gasteiger charge is 2.03. The molecule has 90 valence electrons. The minimum atomic E-state index is -0.233. The summed E-state index contributed by atoms with van der Waals surface area (Å²) in [4.78, 5) is 0. The molecule has 0 rings (SSSR count). The van der Waals surface area contributed by atoms with Crippen molar-refractivity contribution in [3.63, 3.8) is 0 Å². The molecule has 0 atom stereocenters. The van der Waals surface area contributed by atoms with Gasteiger partial charge in [-0.1, -0.05) is 13.3 Å². The van der Waals surface area contributed by atoms with Gasteiger partial charge in [0.05, 0.1) is 11.4 Å². The number of hydrogen-bond donors (Lipinski definition) is 5. The first-order valence-corrected chi connectivity index (χ1v) is 4.77. The highest BCUT2D eigenvalue weighted by atomic mass is 15.3. The second-order valence-corrected chi connectivity index (χ2v) is 3.04. The second kappa shape index (κ2) is 7.21. The molecule has 0 saturated carbocycles. The Morgan fingerprint density at radius 1 is 1.25 bits per heavy atom. The zero-order valence-electron chi connectivity index (χ0n) is 9.49. The minimum absolute atomic E-state index is 0.116. The van der Waals surface area contributed by atoms with Gasteiger partial charge in [-0.2, -0.15) is 10.2 Å². The number of rotatable bonds is 5. The predicted octanol–water partition coefficient (Wildman–Crippen LogP) is -0.725. The number of nitrogens with one attached hydrogen (secondary N) is 2. The fourth-order valence-electron chi connectivity index (χ4n) is 0.873. The molecular weight excluding hydrogens is 208 g/mol. The van der Waals surface area contributed by atoms with Crippen LogP contribution >= 0.6 is 0 Å². The first-order chi connectivity index (χ1) is 7.47. The summed E-state index contributed by atoms with van der Waals surface area (Å²) in [5.74, 6) is -0.349. The van der Waals surface area contributed by atoms with Crippen molar-refractivity contribution in [3.05, 3.63) is 0 Å². The van der Waals surface area contributed by atoms with E-state index in [9.17, 15) is 0 Å². The van der Waals surface area contributed by atoms with Crippen LogP contribution in [0.2, 0.25) is 0 Å². The Kier molecular flexibility index (Phi) is 6.25. The molecule has 0 aliphatic carbocycles. The van der Waals surface area contributed by atoms with Gasteiger partial charge in [0, 0.05) is 0 Å². The van der Waals surface area contributed by atoms with E-state index in [1.165, 1.54) is 0 Å². The van der Waals surface area contributed by atoms with Crippen LogP contribution in [0.5, 0.6) is 0 Å². The molecule has 0 aliphatic heterocycles. The van der Waals surface area contributed by atoms with E-state index < -0.39 is 0 Å². The monoisotopic (exact) mass is 226 g/mol. The number of hydrogen-bond acceptors (Lipinski definition) is 4. The third-order valence-corrected chi connectivity index (χ3v) is 1.53. The van der Waals surface area contributed by atoms with Crippen molar-refractivity contribution in [3.8, 4) is 0 Å². The highest BCUT2D eigenvalue weighted by Crippen LogP contribution is 1.95. The molecule has 0 aromatic heterocycles. The van der Waals surface area contributed by atoms with Gasteiger partial charge in [0.25, 0.3) is 0 Å². The standard InChI is InChI=1S/C8H18N8/c1-3-4-6(14-16-8(11)12)5(2)13-15-7(9)10/h3-4H2,1-2H3,(H4,9,10,15)(H4,11,12,16)/b13-5+,14-6+. The van der Waals surface area contributed by atoms with Crippen LogP contribution in [0.3, 0.4) is 0 Å². The molecule has 0 fully saturated rings.